The fourth-order valence-corrected chi connectivity index (χ4v) is 3.32. The quantitative estimate of drug-likeness (QED) is 0.912. The second-order valence-corrected chi connectivity index (χ2v) is 6.07. The summed E-state index contributed by atoms with van der Waals surface area (Å²) in [5.41, 5.74) is 9.14. The molecule has 0 fully saturated rings. The van der Waals surface area contributed by atoms with Crippen molar-refractivity contribution in [2.24, 2.45) is 5.73 Å². The van der Waals surface area contributed by atoms with Crippen molar-refractivity contribution in [2.45, 2.75) is 31.3 Å². The Balaban J connectivity index is 1.97. The fourth-order valence-electron chi connectivity index (χ4n) is 3.32. The molecule has 1 amide bonds. The van der Waals surface area contributed by atoms with Crippen LogP contribution in [0, 0.1) is 0 Å². The molecule has 3 rings (SSSR count). The number of hydrogen-bond acceptors (Lipinski definition) is 3. The van der Waals surface area contributed by atoms with Gasteiger partial charge in [0.1, 0.15) is 5.75 Å². The predicted molar refractivity (Wildman–Crippen MR) is 90.4 cm³/mol. The van der Waals surface area contributed by atoms with E-state index in [9.17, 15) is 4.79 Å². The number of methoxy groups -OCH3 is 1. The number of carbonyl (C=O) groups excluding carboxylic acids is 1. The summed E-state index contributed by atoms with van der Waals surface area (Å²) < 4.78 is 5.33. The van der Waals surface area contributed by atoms with E-state index in [0.29, 0.717) is 6.42 Å². The van der Waals surface area contributed by atoms with Gasteiger partial charge in [0.15, 0.2) is 0 Å². The maximum atomic E-state index is 11.7. The minimum atomic E-state index is -0.331. The lowest BCUT2D eigenvalue weighted by molar-refractivity contribution is -0.120. The van der Waals surface area contributed by atoms with Crippen LogP contribution in [0.2, 0.25) is 0 Å². The Kier molecular flexibility index (Phi) is 4.35. The molecular formula is C19H22N2O2. The molecule has 2 aromatic carbocycles. The lowest BCUT2D eigenvalue weighted by Gasteiger charge is -2.35. The summed E-state index contributed by atoms with van der Waals surface area (Å²) in [6.45, 7) is 2.16. The van der Waals surface area contributed by atoms with Gasteiger partial charge in [0.25, 0.3) is 0 Å². The molecule has 2 aromatic rings. The molecule has 0 spiro atoms. The molecule has 120 valence electrons. The summed E-state index contributed by atoms with van der Waals surface area (Å²) in [5.74, 6) is 0.723. The predicted octanol–water partition coefficient (Wildman–Crippen LogP) is 2.54. The SMILES string of the molecule is COc1cccc([C@@H](C)C2NC(C(N)=O)Cc3ccccc32)c1. The Morgan fingerprint density at radius 2 is 2.04 bits per heavy atom. The molecule has 0 saturated heterocycles. The average molecular weight is 310 g/mol. The molecule has 0 bridgehead atoms. The van der Waals surface area contributed by atoms with Gasteiger partial charge in [0.05, 0.1) is 13.2 Å². The Morgan fingerprint density at radius 1 is 1.26 bits per heavy atom. The zero-order valence-corrected chi connectivity index (χ0v) is 13.5. The number of hydrogen-bond donors (Lipinski definition) is 2. The number of rotatable bonds is 4. The zero-order valence-electron chi connectivity index (χ0n) is 13.5. The summed E-state index contributed by atoms with van der Waals surface area (Å²) in [4.78, 5) is 11.7. The Labute approximate surface area is 136 Å². The zero-order chi connectivity index (χ0) is 16.4. The van der Waals surface area contributed by atoms with E-state index in [1.165, 1.54) is 16.7 Å². The van der Waals surface area contributed by atoms with Crippen LogP contribution in [0.25, 0.3) is 0 Å². The van der Waals surface area contributed by atoms with Gasteiger partial charge in [0, 0.05) is 12.0 Å². The van der Waals surface area contributed by atoms with E-state index in [4.69, 9.17) is 10.5 Å². The molecule has 1 aliphatic rings. The molecule has 4 nitrogen and oxygen atoms in total. The van der Waals surface area contributed by atoms with Gasteiger partial charge in [-0.15, -0.1) is 0 Å². The third-order valence-corrected chi connectivity index (χ3v) is 4.66. The van der Waals surface area contributed by atoms with Gasteiger partial charge in [-0.25, -0.2) is 0 Å². The first kappa shape index (κ1) is 15.6. The maximum absolute atomic E-state index is 11.7. The van der Waals surface area contributed by atoms with E-state index in [2.05, 4.69) is 30.4 Å². The summed E-state index contributed by atoms with van der Waals surface area (Å²) >= 11 is 0. The van der Waals surface area contributed by atoms with Crippen LogP contribution in [0.5, 0.6) is 5.75 Å². The minimum Gasteiger partial charge on any atom is -0.497 e. The second kappa shape index (κ2) is 6.42. The largest absolute Gasteiger partial charge is 0.497 e. The minimum absolute atomic E-state index is 0.0459. The monoisotopic (exact) mass is 310 g/mol. The lowest BCUT2D eigenvalue weighted by Crippen LogP contribution is -2.48. The van der Waals surface area contributed by atoms with E-state index < -0.39 is 0 Å². The molecule has 0 saturated carbocycles. The highest BCUT2D eigenvalue weighted by Gasteiger charge is 2.32. The topological polar surface area (TPSA) is 64.3 Å². The van der Waals surface area contributed by atoms with Crippen molar-refractivity contribution in [2.75, 3.05) is 7.11 Å². The highest BCUT2D eigenvalue weighted by molar-refractivity contribution is 5.80. The first-order valence-corrected chi connectivity index (χ1v) is 7.87. The van der Waals surface area contributed by atoms with E-state index in [1.807, 2.05) is 30.3 Å². The molecule has 1 aliphatic heterocycles. The maximum Gasteiger partial charge on any atom is 0.234 e. The molecule has 0 aromatic heterocycles. The second-order valence-electron chi connectivity index (χ2n) is 6.07. The number of amides is 1. The first-order chi connectivity index (χ1) is 11.1. The molecule has 4 heteroatoms. The summed E-state index contributed by atoms with van der Waals surface area (Å²) in [7, 11) is 1.67. The molecule has 1 heterocycles. The van der Waals surface area contributed by atoms with Crippen LogP contribution in [-0.4, -0.2) is 19.1 Å². The van der Waals surface area contributed by atoms with E-state index >= 15 is 0 Å². The molecule has 3 N–H and O–H groups in total. The van der Waals surface area contributed by atoms with Crippen LogP contribution in [-0.2, 0) is 11.2 Å². The van der Waals surface area contributed by atoms with Crippen LogP contribution in [0.1, 0.15) is 35.6 Å². The molecule has 3 atom stereocenters. The number of benzene rings is 2. The highest BCUT2D eigenvalue weighted by Crippen LogP contribution is 2.36. The number of nitrogens with one attached hydrogen (secondary N) is 1. The Hall–Kier alpha value is -2.33. The van der Waals surface area contributed by atoms with Crippen LogP contribution in [0.15, 0.2) is 48.5 Å². The van der Waals surface area contributed by atoms with Gasteiger partial charge in [-0.05, 0) is 35.2 Å². The van der Waals surface area contributed by atoms with E-state index in [-0.39, 0.29) is 23.9 Å². The lowest BCUT2D eigenvalue weighted by atomic mass is 9.81. The Morgan fingerprint density at radius 3 is 2.78 bits per heavy atom. The van der Waals surface area contributed by atoms with Crippen LogP contribution in [0.4, 0.5) is 0 Å². The standard InChI is InChI=1S/C19H22N2O2/c1-12(13-7-5-8-15(10-13)23-2)18-16-9-4-3-6-14(16)11-17(21-18)19(20)22/h3-10,12,17-18,21H,11H2,1-2H3,(H2,20,22)/t12-,17?,18?/m1/s1. The fraction of sp³-hybridized carbons (Fsp3) is 0.316. The molecule has 23 heavy (non-hydrogen) atoms. The van der Waals surface area contributed by atoms with E-state index in [1.54, 1.807) is 7.11 Å². The number of fused-ring (bicyclic) bond motifs is 1. The smallest absolute Gasteiger partial charge is 0.234 e. The summed E-state index contributed by atoms with van der Waals surface area (Å²) in [6.07, 6.45) is 0.646. The summed E-state index contributed by atoms with van der Waals surface area (Å²) in [5, 5.41) is 3.43. The van der Waals surface area contributed by atoms with Crippen molar-refractivity contribution < 1.29 is 9.53 Å². The van der Waals surface area contributed by atoms with Crippen molar-refractivity contribution in [3.05, 3.63) is 65.2 Å². The molecule has 0 radical (unpaired) electrons. The third-order valence-electron chi connectivity index (χ3n) is 4.66. The van der Waals surface area contributed by atoms with E-state index in [0.717, 1.165) is 5.75 Å². The first-order valence-electron chi connectivity index (χ1n) is 7.87. The van der Waals surface area contributed by atoms with Gasteiger partial charge >= 0.3 is 0 Å². The van der Waals surface area contributed by atoms with Crippen LogP contribution >= 0.6 is 0 Å². The number of carbonyl (C=O) groups is 1. The normalized spacial score (nSPS) is 21.3. The van der Waals surface area contributed by atoms with Crippen LogP contribution < -0.4 is 15.8 Å². The Bertz CT molecular complexity index is 714. The number of ether oxygens (including phenoxy) is 1. The highest BCUT2D eigenvalue weighted by atomic mass is 16.5. The third kappa shape index (κ3) is 3.08. The van der Waals surface area contributed by atoms with Crippen molar-refractivity contribution in [1.29, 1.82) is 0 Å². The van der Waals surface area contributed by atoms with Crippen LogP contribution in [0.3, 0.4) is 0 Å². The molecule has 2 unspecified atom stereocenters. The molecule has 0 aliphatic carbocycles. The van der Waals surface area contributed by atoms with Gasteiger partial charge in [-0.3, -0.25) is 10.1 Å². The number of primary amides is 1. The van der Waals surface area contributed by atoms with Crippen molar-refractivity contribution in [1.82, 2.24) is 5.32 Å². The van der Waals surface area contributed by atoms with Gasteiger partial charge in [-0.2, -0.15) is 0 Å². The van der Waals surface area contributed by atoms with Gasteiger partial charge in [0.2, 0.25) is 5.91 Å². The summed E-state index contributed by atoms with van der Waals surface area (Å²) in [6, 6.07) is 16.0. The average Bonchev–Trinajstić information content (AvgIpc) is 2.60. The van der Waals surface area contributed by atoms with Crippen molar-refractivity contribution >= 4 is 5.91 Å². The van der Waals surface area contributed by atoms with Gasteiger partial charge in [-0.1, -0.05) is 43.3 Å². The molecular weight excluding hydrogens is 288 g/mol. The number of nitrogens with two attached hydrogens (primary N) is 1. The van der Waals surface area contributed by atoms with Crippen molar-refractivity contribution in [3.63, 3.8) is 0 Å². The van der Waals surface area contributed by atoms with Gasteiger partial charge < -0.3 is 10.5 Å². The van der Waals surface area contributed by atoms with Crippen molar-refractivity contribution in [3.8, 4) is 5.75 Å².